The molecule has 0 saturated carbocycles. The first-order chi connectivity index (χ1) is 11.0. The summed E-state index contributed by atoms with van der Waals surface area (Å²) < 4.78 is 10.2. The summed E-state index contributed by atoms with van der Waals surface area (Å²) >= 11 is 0. The average molecular weight is 315 g/mol. The van der Waals surface area contributed by atoms with E-state index in [9.17, 15) is 9.59 Å². The third-order valence-corrected chi connectivity index (χ3v) is 3.73. The van der Waals surface area contributed by atoms with Crippen LogP contribution < -0.4 is 4.90 Å². The lowest BCUT2D eigenvalue weighted by molar-refractivity contribution is -0.153. The average Bonchev–Trinajstić information content (AvgIpc) is 3.14. The van der Waals surface area contributed by atoms with Gasteiger partial charge < -0.3 is 14.2 Å². The molecular formula is C16H17N3O4. The van der Waals surface area contributed by atoms with Crippen LogP contribution in [0.2, 0.25) is 0 Å². The number of aryl methyl sites for hydroxylation is 1. The van der Waals surface area contributed by atoms with Gasteiger partial charge in [0.25, 0.3) is 0 Å². The molecule has 7 nitrogen and oxygen atoms in total. The van der Waals surface area contributed by atoms with Crippen molar-refractivity contribution in [3.05, 3.63) is 42.0 Å². The minimum Gasteiger partial charge on any atom is -0.454 e. The summed E-state index contributed by atoms with van der Waals surface area (Å²) in [5.41, 5.74) is 0.787. The SMILES string of the molecule is Cc1nc(C(C)OC(=O)C2CC(=O)N(c3ccccc3)C2)no1. The van der Waals surface area contributed by atoms with Gasteiger partial charge in [-0.3, -0.25) is 9.59 Å². The van der Waals surface area contributed by atoms with Gasteiger partial charge in [0.1, 0.15) is 0 Å². The van der Waals surface area contributed by atoms with Gasteiger partial charge >= 0.3 is 5.97 Å². The molecule has 0 N–H and O–H groups in total. The maximum absolute atomic E-state index is 12.3. The Bertz CT molecular complexity index is 713. The number of hydrogen-bond acceptors (Lipinski definition) is 6. The maximum atomic E-state index is 12.3. The quantitative estimate of drug-likeness (QED) is 0.803. The Labute approximate surface area is 133 Å². The number of rotatable bonds is 4. The van der Waals surface area contributed by atoms with Crippen LogP contribution >= 0.6 is 0 Å². The lowest BCUT2D eigenvalue weighted by atomic mass is 10.1. The summed E-state index contributed by atoms with van der Waals surface area (Å²) in [7, 11) is 0. The molecule has 7 heteroatoms. The summed E-state index contributed by atoms with van der Waals surface area (Å²) in [5.74, 6) is -0.264. The molecule has 1 aromatic carbocycles. The first-order valence-electron chi connectivity index (χ1n) is 7.40. The third-order valence-electron chi connectivity index (χ3n) is 3.73. The van der Waals surface area contributed by atoms with Gasteiger partial charge in [-0.1, -0.05) is 23.4 Å². The van der Waals surface area contributed by atoms with Crippen molar-refractivity contribution in [1.29, 1.82) is 0 Å². The molecule has 1 aromatic heterocycles. The Balaban J connectivity index is 1.64. The van der Waals surface area contributed by atoms with E-state index in [1.165, 1.54) is 0 Å². The number of para-hydroxylation sites is 1. The van der Waals surface area contributed by atoms with Gasteiger partial charge in [0, 0.05) is 25.6 Å². The van der Waals surface area contributed by atoms with E-state index in [-0.39, 0.29) is 12.3 Å². The molecule has 2 atom stereocenters. The van der Waals surface area contributed by atoms with Crippen LogP contribution in [0.4, 0.5) is 5.69 Å². The zero-order valence-electron chi connectivity index (χ0n) is 12.9. The number of aromatic nitrogens is 2. The Kier molecular flexibility index (Phi) is 4.10. The van der Waals surface area contributed by atoms with Crippen LogP contribution in [0.3, 0.4) is 0 Å². The van der Waals surface area contributed by atoms with Crippen molar-refractivity contribution in [3.63, 3.8) is 0 Å². The van der Waals surface area contributed by atoms with Gasteiger partial charge in [-0.25, -0.2) is 0 Å². The Morgan fingerprint density at radius 1 is 1.39 bits per heavy atom. The van der Waals surface area contributed by atoms with E-state index in [2.05, 4.69) is 10.1 Å². The minimum absolute atomic E-state index is 0.0822. The van der Waals surface area contributed by atoms with E-state index in [4.69, 9.17) is 9.26 Å². The molecule has 120 valence electrons. The van der Waals surface area contributed by atoms with Gasteiger partial charge in [0.05, 0.1) is 5.92 Å². The van der Waals surface area contributed by atoms with Gasteiger partial charge in [-0.05, 0) is 19.1 Å². The highest BCUT2D eigenvalue weighted by molar-refractivity contribution is 5.99. The Morgan fingerprint density at radius 3 is 2.78 bits per heavy atom. The molecule has 1 aliphatic heterocycles. The fourth-order valence-electron chi connectivity index (χ4n) is 2.53. The molecule has 0 aliphatic carbocycles. The number of anilines is 1. The maximum Gasteiger partial charge on any atom is 0.311 e. The van der Waals surface area contributed by atoms with Crippen molar-refractivity contribution in [2.24, 2.45) is 5.92 Å². The lowest BCUT2D eigenvalue weighted by Gasteiger charge is -2.17. The number of benzene rings is 1. The van der Waals surface area contributed by atoms with Crippen LogP contribution in [0.25, 0.3) is 0 Å². The molecule has 1 fully saturated rings. The number of nitrogens with zero attached hydrogens (tertiary/aromatic N) is 3. The topological polar surface area (TPSA) is 85.5 Å². The number of hydrogen-bond donors (Lipinski definition) is 0. The van der Waals surface area contributed by atoms with Gasteiger partial charge in [0.15, 0.2) is 6.10 Å². The van der Waals surface area contributed by atoms with E-state index >= 15 is 0 Å². The molecule has 1 saturated heterocycles. The number of esters is 1. The fraction of sp³-hybridized carbons (Fsp3) is 0.375. The summed E-state index contributed by atoms with van der Waals surface area (Å²) in [4.78, 5) is 30.0. The molecule has 2 aromatic rings. The number of carbonyl (C=O) groups excluding carboxylic acids is 2. The zero-order valence-corrected chi connectivity index (χ0v) is 12.9. The largest absolute Gasteiger partial charge is 0.454 e. The first-order valence-corrected chi connectivity index (χ1v) is 7.40. The monoisotopic (exact) mass is 315 g/mol. The Morgan fingerprint density at radius 2 is 2.13 bits per heavy atom. The van der Waals surface area contributed by atoms with Crippen molar-refractivity contribution >= 4 is 17.6 Å². The minimum atomic E-state index is -0.610. The highest BCUT2D eigenvalue weighted by Gasteiger charge is 2.37. The van der Waals surface area contributed by atoms with E-state index < -0.39 is 18.0 Å². The molecule has 2 unspecified atom stereocenters. The van der Waals surface area contributed by atoms with Crippen molar-refractivity contribution in [1.82, 2.24) is 10.1 Å². The molecule has 0 bridgehead atoms. The van der Waals surface area contributed by atoms with Crippen LogP contribution in [-0.2, 0) is 14.3 Å². The second kappa shape index (κ2) is 6.20. The van der Waals surface area contributed by atoms with Crippen LogP contribution in [-0.4, -0.2) is 28.6 Å². The van der Waals surface area contributed by atoms with Gasteiger partial charge in [0.2, 0.25) is 17.6 Å². The van der Waals surface area contributed by atoms with Crippen LogP contribution in [0.1, 0.15) is 31.2 Å². The standard InChI is InChI=1S/C16H17N3O4/c1-10(15-17-11(2)23-18-15)22-16(21)12-8-14(20)19(9-12)13-6-4-3-5-7-13/h3-7,10,12H,8-9H2,1-2H3. The van der Waals surface area contributed by atoms with Crippen molar-refractivity contribution < 1.29 is 18.8 Å². The Hall–Kier alpha value is -2.70. The highest BCUT2D eigenvalue weighted by Crippen LogP contribution is 2.27. The fourth-order valence-corrected chi connectivity index (χ4v) is 2.53. The number of ether oxygens (including phenoxy) is 1. The van der Waals surface area contributed by atoms with E-state index in [1.807, 2.05) is 30.3 Å². The van der Waals surface area contributed by atoms with Crippen molar-refractivity contribution in [2.45, 2.75) is 26.4 Å². The van der Waals surface area contributed by atoms with Gasteiger partial charge in [-0.2, -0.15) is 4.98 Å². The molecular weight excluding hydrogens is 298 g/mol. The predicted octanol–water partition coefficient (Wildman–Crippen LogP) is 2.04. The normalized spacial score (nSPS) is 19.0. The smallest absolute Gasteiger partial charge is 0.311 e. The van der Waals surface area contributed by atoms with E-state index in [1.54, 1.807) is 18.7 Å². The highest BCUT2D eigenvalue weighted by atomic mass is 16.5. The van der Waals surface area contributed by atoms with Crippen molar-refractivity contribution in [2.75, 3.05) is 11.4 Å². The zero-order chi connectivity index (χ0) is 16.4. The van der Waals surface area contributed by atoms with Crippen LogP contribution in [0, 0.1) is 12.8 Å². The van der Waals surface area contributed by atoms with E-state index in [0.29, 0.717) is 18.3 Å². The lowest BCUT2D eigenvalue weighted by Crippen LogP contribution is -2.26. The molecule has 2 heterocycles. The first kappa shape index (κ1) is 15.2. The second-order valence-corrected chi connectivity index (χ2v) is 5.49. The van der Waals surface area contributed by atoms with Crippen LogP contribution in [0.15, 0.2) is 34.9 Å². The van der Waals surface area contributed by atoms with Crippen LogP contribution in [0.5, 0.6) is 0 Å². The number of amides is 1. The summed E-state index contributed by atoms with van der Waals surface area (Å²) in [6.45, 7) is 3.66. The molecule has 1 aliphatic rings. The summed E-state index contributed by atoms with van der Waals surface area (Å²) in [6, 6.07) is 9.28. The summed E-state index contributed by atoms with van der Waals surface area (Å²) in [6.07, 6.45) is -0.466. The predicted molar refractivity (Wildman–Crippen MR) is 80.4 cm³/mol. The molecule has 23 heavy (non-hydrogen) atoms. The molecule has 0 spiro atoms. The number of carbonyl (C=O) groups is 2. The molecule has 0 radical (unpaired) electrons. The molecule has 1 amide bonds. The molecule has 3 rings (SSSR count). The van der Waals surface area contributed by atoms with Crippen molar-refractivity contribution in [3.8, 4) is 0 Å². The third kappa shape index (κ3) is 3.23. The summed E-state index contributed by atoms with van der Waals surface area (Å²) in [5, 5.41) is 3.73. The second-order valence-electron chi connectivity index (χ2n) is 5.49. The van der Waals surface area contributed by atoms with Gasteiger partial charge in [-0.15, -0.1) is 0 Å². The van der Waals surface area contributed by atoms with E-state index in [0.717, 1.165) is 5.69 Å².